The highest BCUT2D eigenvalue weighted by molar-refractivity contribution is 7.89. The van der Waals surface area contributed by atoms with E-state index in [1.165, 1.54) is 9.21 Å². The molecule has 154 valence electrons. The van der Waals surface area contributed by atoms with Crippen LogP contribution in [0.4, 0.5) is 10.5 Å². The van der Waals surface area contributed by atoms with Crippen LogP contribution < -0.4 is 4.90 Å². The summed E-state index contributed by atoms with van der Waals surface area (Å²) >= 11 is 0. The Kier molecular flexibility index (Phi) is 4.91. The van der Waals surface area contributed by atoms with E-state index in [9.17, 15) is 18.0 Å². The van der Waals surface area contributed by atoms with E-state index < -0.39 is 10.0 Å². The molecule has 10 heteroatoms. The van der Waals surface area contributed by atoms with Gasteiger partial charge in [-0.05, 0) is 38.8 Å². The van der Waals surface area contributed by atoms with Crippen LogP contribution in [-0.4, -0.2) is 60.4 Å². The number of piperidine rings is 1. The standard InChI is InChI=1S/C19H22N4O5S/c1-13-18(14(2)28-20-13)29(26,27)21-10-8-15(9-11-21)22-12-17(24)23(19(22)25)16-6-4-3-5-7-16/h3-7,15H,8-12H2,1-2H3. The van der Waals surface area contributed by atoms with Crippen molar-refractivity contribution >= 4 is 27.6 Å². The first-order chi connectivity index (χ1) is 13.8. The molecule has 0 unspecified atom stereocenters. The number of sulfonamides is 1. The number of carbonyl (C=O) groups excluding carboxylic acids is 2. The van der Waals surface area contributed by atoms with Crippen molar-refractivity contribution < 1.29 is 22.5 Å². The first-order valence-electron chi connectivity index (χ1n) is 9.42. The molecule has 0 aliphatic carbocycles. The van der Waals surface area contributed by atoms with E-state index in [0.29, 0.717) is 24.2 Å². The molecule has 9 nitrogen and oxygen atoms in total. The van der Waals surface area contributed by atoms with Gasteiger partial charge < -0.3 is 9.42 Å². The Hall–Kier alpha value is -2.72. The highest BCUT2D eigenvalue weighted by atomic mass is 32.2. The monoisotopic (exact) mass is 418 g/mol. The highest BCUT2D eigenvalue weighted by Gasteiger charge is 2.43. The van der Waals surface area contributed by atoms with Crippen LogP contribution in [0.2, 0.25) is 0 Å². The predicted molar refractivity (Wildman–Crippen MR) is 104 cm³/mol. The smallest absolute Gasteiger partial charge is 0.332 e. The van der Waals surface area contributed by atoms with Crippen LogP contribution in [0, 0.1) is 13.8 Å². The molecule has 0 bridgehead atoms. The number of para-hydroxylation sites is 1. The number of nitrogens with zero attached hydrogens (tertiary/aromatic N) is 4. The van der Waals surface area contributed by atoms with Crippen LogP contribution in [0.15, 0.2) is 39.8 Å². The molecule has 2 aliphatic rings. The SMILES string of the molecule is Cc1noc(C)c1S(=O)(=O)N1CCC(N2CC(=O)N(c3ccccc3)C2=O)CC1. The summed E-state index contributed by atoms with van der Waals surface area (Å²) in [5.74, 6) is -0.00424. The number of amides is 3. The van der Waals surface area contributed by atoms with Gasteiger partial charge in [0.15, 0.2) is 5.76 Å². The molecule has 2 aliphatic heterocycles. The zero-order chi connectivity index (χ0) is 20.8. The average Bonchev–Trinajstić information content (AvgIpc) is 3.20. The van der Waals surface area contributed by atoms with Gasteiger partial charge in [-0.15, -0.1) is 0 Å². The molecule has 1 aromatic carbocycles. The first kappa shape index (κ1) is 19.6. The molecule has 0 saturated carbocycles. The number of rotatable bonds is 4. The van der Waals surface area contributed by atoms with Crippen LogP contribution in [0.25, 0.3) is 0 Å². The van der Waals surface area contributed by atoms with Gasteiger partial charge in [-0.1, -0.05) is 23.4 Å². The summed E-state index contributed by atoms with van der Waals surface area (Å²) in [5, 5.41) is 3.73. The second-order valence-electron chi connectivity index (χ2n) is 7.26. The third-order valence-corrected chi connectivity index (χ3v) is 7.58. The zero-order valence-electron chi connectivity index (χ0n) is 16.2. The fraction of sp³-hybridized carbons (Fsp3) is 0.421. The maximum atomic E-state index is 13.0. The number of aromatic nitrogens is 1. The molecule has 0 atom stereocenters. The van der Waals surface area contributed by atoms with E-state index >= 15 is 0 Å². The van der Waals surface area contributed by atoms with E-state index in [-0.39, 0.29) is 48.3 Å². The predicted octanol–water partition coefficient (Wildman–Crippen LogP) is 1.91. The first-order valence-corrected chi connectivity index (χ1v) is 10.9. The molecule has 0 radical (unpaired) electrons. The summed E-state index contributed by atoms with van der Waals surface area (Å²) in [6.07, 6.45) is 0.925. The molecule has 29 heavy (non-hydrogen) atoms. The van der Waals surface area contributed by atoms with Gasteiger partial charge in [-0.3, -0.25) is 4.79 Å². The lowest BCUT2D eigenvalue weighted by molar-refractivity contribution is -0.116. The van der Waals surface area contributed by atoms with Crippen molar-refractivity contribution in [1.82, 2.24) is 14.4 Å². The normalized spacial score (nSPS) is 19.4. The van der Waals surface area contributed by atoms with Crippen molar-refractivity contribution in [2.24, 2.45) is 0 Å². The topological polar surface area (TPSA) is 104 Å². The number of urea groups is 1. The lowest BCUT2D eigenvalue weighted by Crippen LogP contribution is -2.48. The Balaban J connectivity index is 1.47. The Morgan fingerprint density at radius 1 is 1.07 bits per heavy atom. The van der Waals surface area contributed by atoms with Gasteiger partial charge in [-0.25, -0.2) is 18.1 Å². The van der Waals surface area contributed by atoms with Gasteiger partial charge in [0.1, 0.15) is 17.1 Å². The van der Waals surface area contributed by atoms with Gasteiger partial charge in [0.05, 0.1) is 5.69 Å². The second kappa shape index (κ2) is 7.27. The molecule has 2 fully saturated rings. The Morgan fingerprint density at radius 2 is 1.72 bits per heavy atom. The van der Waals surface area contributed by atoms with Gasteiger partial charge >= 0.3 is 6.03 Å². The van der Waals surface area contributed by atoms with Crippen molar-refractivity contribution in [2.75, 3.05) is 24.5 Å². The number of carbonyl (C=O) groups is 2. The zero-order valence-corrected chi connectivity index (χ0v) is 17.1. The fourth-order valence-electron chi connectivity index (χ4n) is 4.00. The van der Waals surface area contributed by atoms with Crippen LogP contribution in [-0.2, 0) is 14.8 Å². The highest BCUT2D eigenvalue weighted by Crippen LogP contribution is 2.30. The average molecular weight is 418 g/mol. The number of hydrogen-bond donors (Lipinski definition) is 0. The summed E-state index contributed by atoms with van der Waals surface area (Å²) in [6, 6.07) is 8.27. The van der Waals surface area contributed by atoms with Crippen molar-refractivity contribution in [3.63, 3.8) is 0 Å². The molecule has 3 amide bonds. The molecular weight excluding hydrogens is 396 g/mol. The van der Waals surface area contributed by atoms with Gasteiger partial charge in [-0.2, -0.15) is 4.31 Å². The van der Waals surface area contributed by atoms with Gasteiger partial charge in [0.25, 0.3) is 5.91 Å². The summed E-state index contributed by atoms with van der Waals surface area (Å²) in [7, 11) is -3.71. The van der Waals surface area contributed by atoms with Gasteiger partial charge in [0, 0.05) is 19.1 Å². The quantitative estimate of drug-likeness (QED) is 0.703. The van der Waals surface area contributed by atoms with E-state index in [2.05, 4.69) is 5.16 Å². The van der Waals surface area contributed by atoms with Crippen molar-refractivity contribution in [1.29, 1.82) is 0 Å². The van der Waals surface area contributed by atoms with Crippen molar-refractivity contribution in [3.05, 3.63) is 41.8 Å². The number of imide groups is 1. The van der Waals surface area contributed by atoms with Crippen LogP contribution in [0.1, 0.15) is 24.3 Å². The summed E-state index contributed by atoms with van der Waals surface area (Å²) in [4.78, 5) is 28.1. The maximum Gasteiger partial charge on any atom is 0.332 e. The molecule has 0 spiro atoms. The maximum absolute atomic E-state index is 13.0. The minimum atomic E-state index is -3.71. The molecule has 3 heterocycles. The summed E-state index contributed by atoms with van der Waals surface area (Å²) in [5.41, 5.74) is 0.881. The largest absolute Gasteiger partial charge is 0.360 e. The molecule has 2 saturated heterocycles. The molecule has 2 aromatic rings. The third-order valence-electron chi connectivity index (χ3n) is 5.44. The molecular formula is C19H22N4O5S. The van der Waals surface area contributed by atoms with Crippen molar-refractivity contribution in [2.45, 2.75) is 37.6 Å². The third kappa shape index (κ3) is 3.32. The minimum absolute atomic E-state index is 0.00894. The second-order valence-corrected chi connectivity index (χ2v) is 9.14. The molecule has 1 aromatic heterocycles. The van der Waals surface area contributed by atoms with E-state index in [0.717, 1.165) is 0 Å². The Morgan fingerprint density at radius 3 is 2.31 bits per heavy atom. The lowest BCUT2D eigenvalue weighted by atomic mass is 10.1. The molecule has 0 N–H and O–H groups in total. The number of benzene rings is 1. The number of hydrogen-bond acceptors (Lipinski definition) is 6. The minimum Gasteiger partial charge on any atom is -0.360 e. The lowest BCUT2D eigenvalue weighted by Gasteiger charge is -2.35. The number of anilines is 1. The van der Waals surface area contributed by atoms with Gasteiger partial charge in [0.2, 0.25) is 10.0 Å². The van der Waals surface area contributed by atoms with E-state index in [4.69, 9.17) is 4.52 Å². The van der Waals surface area contributed by atoms with E-state index in [1.807, 2.05) is 6.07 Å². The summed E-state index contributed by atoms with van der Waals surface area (Å²) < 4.78 is 32.3. The molecule has 4 rings (SSSR count). The fourth-order valence-corrected chi connectivity index (χ4v) is 5.76. The Bertz CT molecular complexity index is 1020. The Labute approximate surface area is 168 Å². The van der Waals surface area contributed by atoms with Crippen LogP contribution in [0.3, 0.4) is 0 Å². The van der Waals surface area contributed by atoms with Crippen LogP contribution >= 0.6 is 0 Å². The van der Waals surface area contributed by atoms with E-state index in [1.54, 1.807) is 43.0 Å². The van der Waals surface area contributed by atoms with Crippen molar-refractivity contribution in [3.8, 4) is 0 Å². The van der Waals surface area contributed by atoms with Crippen LogP contribution in [0.5, 0.6) is 0 Å². The summed E-state index contributed by atoms with van der Waals surface area (Å²) in [6.45, 7) is 3.71. The number of aryl methyl sites for hydroxylation is 2.